The molecule has 1 heteroatoms. The fourth-order valence-corrected chi connectivity index (χ4v) is 7.36. The summed E-state index contributed by atoms with van der Waals surface area (Å²) in [4.78, 5) is 0. The predicted octanol–water partition coefficient (Wildman–Crippen LogP) is 12.1. The largest absolute Gasteiger partial charge is 0.455 e. The molecule has 10 aromatic rings. The molecule has 0 bridgehead atoms. The molecule has 0 spiro atoms. The summed E-state index contributed by atoms with van der Waals surface area (Å²) in [5.74, 6) is 0. The lowest BCUT2D eigenvalue weighted by Crippen LogP contribution is -1.89. The average molecular weight is 545 g/mol. The zero-order valence-corrected chi connectivity index (χ0v) is 23.3. The molecule has 0 aliphatic heterocycles. The average Bonchev–Trinajstić information content (AvgIpc) is 3.46. The summed E-state index contributed by atoms with van der Waals surface area (Å²) in [5, 5.41) is 14.9. The van der Waals surface area contributed by atoms with Crippen molar-refractivity contribution in [2.45, 2.75) is 0 Å². The van der Waals surface area contributed by atoms with Crippen LogP contribution in [0.2, 0.25) is 0 Å². The molecule has 9 aromatic carbocycles. The summed E-state index contributed by atoms with van der Waals surface area (Å²) in [7, 11) is 0. The molecular weight excluding hydrogens is 520 g/mol. The number of hydrogen-bond acceptors (Lipinski definition) is 1. The van der Waals surface area contributed by atoms with Crippen molar-refractivity contribution in [1.29, 1.82) is 0 Å². The molecule has 10 rings (SSSR count). The standard InChI is InChI=1S/C42H24O/c1-2-8-30-22-31(15-12-25(30)6-1)37-23-32(24-38-41(37)36-21-16-26-7-3-4-11-34(26)42(36)43-38)33-19-17-29-14-13-27-9-5-10-28-18-20-35(33)40(29)39(27)28/h1-24H. The molecule has 0 atom stereocenters. The number of benzene rings is 9. The van der Waals surface area contributed by atoms with Crippen molar-refractivity contribution in [1.82, 2.24) is 0 Å². The molecule has 0 radical (unpaired) electrons. The van der Waals surface area contributed by atoms with Gasteiger partial charge in [-0.1, -0.05) is 121 Å². The van der Waals surface area contributed by atoms with Gasteiger partial charge in [-0.3, -0.25) is 0 Å². The van der Waals surface area contributed by atoms with Crippen molar-refractivity contribution in [2.24, 2.45) is 0 Å². The lowest BCUT2D eigenvalue weighted by molar-refractivity contribution is 0.673. The molecule has 0 saturated carbocycles. The smallest absolute Gasteiger partial charge is 0.143 e. The van der Waals surface area contributed by atoms with Crippen molar-refractivity contribution in [3.63, 3.8) is 0 Å². The van der Waals surface area contributed by atoms with Gasteiger partial charge in [0.05, 0.1) is 0 Å². The number of rotatable bonds is 2. The molecule has 43 heavy (non-hydrogen) atoms. The van der Waals surface area contributed by atoms with Gasteiger partial charge in [0.25, 0.3) is 0 Å². The molecule has 0 unspecified atom stereocenters. The number of furan rings is 1. The van der Waals surface area contributed by atoms with Crippen LogP contribution in [0, 0.1) is 0 Å². The second-order valence-electron chi connectivity index (χ2n) is 11.7. The zero-order chi connectivity index (χ0) is 28.1. The second-order valence-corrected chi connectivity index (χ2v) is 11.7. The van der Waals surface area contributed by atoms with E-state index in [0.717, 1.165) is 32.9 Å². The van der Waals surface area contributed by atoms with Gasteiger partial charge in [0, 0.05) is 16.2 Å². The van der Waals surface area contributed by atoms with Crippen LogP contribution in [0.4, 0.5) is 0 Å². The first-order valence-corrected chi connectivity index (χ1v) is 14.8. The molecule has 0 aliphatic carbocycles. The fraction of sp³-hybridized carbons (Fsp3) is 0. The maximum Gasteiger partial charge on any atom is 0.143 e. The predicted molar refractivity (Wildman–Crippen MR) is 183 cm³/mol. The molecule has 0 saturated heterocycles. The van der Waals surface area contributed by atoms with Crippen LogP contribution in [0.1, 0.15) is 0 Å². The fourth-order valence-electron chi connectivity index (χ4n) is 7.36. The third kappa shape index (κ3) is 3.22. The van der Waals surface area contributed by atoms with Crippen molar-refractivity contribution in [2.75, 3.05) is 0 Å². The summed E-state index contributed by atoms with van der Waals surface area (Å²) in [5.41, 5.74) is 6.63. The van der Waals surface area contributed by atoms with E-state index in [1.54, 1.807) is 0 Å². The van der Waals surface area contributed by atoms with Crippen molar-refractivity contribution in [3.8, 4) is 22.3 Å². The van der Waals surface area contributed by atoms with Gasteiger partial charge in [-0.15, -0.1) is 0 Å². The van der Waals surface area contributed by atoms with Crippen LogP contribution < -0.4 is 0 Å². The molecule has 1 heterocycles. The van der Waals surface area contributed by atoms with Gasteiger partial charge < -0.3 is 4.42 Å². The van der Waals surface area contributed by atoms with Crippen LogP contribution >= 0.6 is 0 Å². The zero-order valence-electron chi connectivity index (χ0n) is 23.3. The maximum absolute atomic E-state index is 6.80. The molecule has 1 nitrogen and oxygen atoms in total. The van der Waals surface area contributed by atoms with E-state index in [1.807, 2.05) is 0 Å². The molecule has 0 fully saturated rings. The van der Waals surface area contributed by atoms with Gasteiger partial charge in [-0.05, 0) is 95.0 Å². The topological polar surface area (TPSA) is 13.1 Å². The summed E-state index contributed by atoms with van der Waals surface area (Å²) in [6, 6.07) is 53.2. The second kappa shape index (κ2) is 8.44. The Morgan fingerprint density at radius 2 is 0.977 bits per heavy atom. The van der Waals surface area contributed by atoms with Gasteiger partial charge in [-0.25, -0.2) is 0 Å². The van der Waals surface area contributed by atoms with Crippen LogP contribution in [-0.4, -0.2) is 0 Å². The number of hydrogen-bond donors (Lipinski definition) is 0. The quantitative estimate of drug-likeness (QED) is 0.197. The Hall–Kier alpha value is -5.66. The Morgan fingerprint density at radius 3 is 1.86 bits per heavy atom. The third-order valence-electron chi connectivity index (χ3n) is 9.36. The Bertz CT molecular complexity index is 2710. The van der Waals surface area contributed by atoms with Gasteiger partial charge in [0.1, 0.15) is 11.2 Å². The first-order chi connectivity index (χ1) is 21.3. The Balaban J connectivity index is 1.33. The van der Waals surface area contributed by atoms with E-state index in [4.69, 9.17) is 4.42 Å². The van der Waals surface area contributed by atoms with Crippen molar-refractivity contribution in [3.05, 3.63) is 146 Å². The molecular formula is C42H24O. The summed E-state index contributed by atoms with van der Waals surface area (Å²) in [6.07, 6.45) is 0. The van der Waals surface area contributed by atoms with Crippen LogP contribution in [0.3, 0.4) is 0 Å². The Labute approximate surface area is 247 Å². The van der Waals surface area contributed by atoms with E-state index in [0.29, 0.717) is 0 Å². The summed E-state index contributed by atoms with van der Waals surface area (Å²) in [6.45, 7) is 0. The van der Waals surface area contributed by atoms with E-state index in [1.165, 1.54) is 65.2 Å². The van der Waals surface area contributed by atoms with Crippen LogP contribution in [-0.2, 0) is 0 Å². The van der Waals surface area contributed by atoms with Crippen LogP contribution in [0.5, 0.6) is 0 Å². The molecule has 1 aromatic heterocycles. The number of fused-ring (bicyclic) bond motifs is 6. The van der Waals surface area contributed by atoms with Crippen molar-refractivity contribution < 1.29 is 4.42 Å². The minimum absolute atomic E-state index is 0.915. The lowest BCUT2D eigenvalue weighted by Gasteiger charge is -2.15. The Kier molecular flexibility index (Phi) is 4.51. The Morgan fingerprint density at radius 1 is 0.326 bits per heavy atom. The molecule has 0 amide bonds. The normalized spacial score (nSPS) is 12.2. The van der Waals surface area contributed by atoms with E-state index in [9.17, 15) is 0 Å². The van der Waals surface area contributed by atoms with Gasteiger partial charge in [0.15, 0.2) is 0 Å². The maximum atomic E-state index is 6.80. The van der Waals surface area contributed by atoms with Crippen LogP contribution in [0.25, 0.3) is 98.1 Å². The minimum Gasteiger partial charge on any atom is -0.455 e. The van der Waals surface area contributed by atoms with Gasteiger partial charge in [0.2, 0.25) is 0 Å². The monoisotopic (exact) mass is 544 g/mol. The first-order valence-electron chi connectivity index (χ1n) is 14.8. The van der Waals surface area contributed by atoms with E-state index < -0.39 is 0 Å². The SMILES string of the molecule is c1ccc2cc(-c3cc(-c4ccc5ccc6cccc7ccc4c5c67)cc4oc5c6ccccc6ccc5c34)ccc2c1. The minimum atomic E-state index is 0.915. The highest BCUT2D eigenvalue weighted by Crippen LogP contribution is 2.45. The van der Waals surface area contributed by atoms with E-state index in [2.05, 4.69) is 146 Å². The molecule has 198 valence electrons. The molecule has 0 N–H and O–H groups in total. The highest BCUT2D eigenvalue weighted by atomic mass is 16.3. The summed E-state index contributed by atoms with van der Waals surface area (Å²) < 4.78 is 6.80. The highest BCUT2D eigenvalue weighted by Gasteiger charge is 2.19. The van der Waals surface area contributed by atoms with Gasteiger partial charge in [-0.2, -0.15) is 0 Å². The van der Waals surface area contributed by atoms with Crippen molar-refractivity contribution >= 4 is 75.8 Å². The summed E-state index contributed by atoms with van der Waals surface area (Å²) >= 11 is 0. The van der Waals surface area contributed by atoms with E-state index >= 15 is 0 Å². The molecule has 0 aliphatic rings. The third-order valence-corrected chi connectivity index (χ3v) is 9.36. The van der Waals surface area contributed by atoms with Gasteiger partial charge >= 0.3 is 0 Å². The lowest BCUT2D eigenvalue weighted by atomic mass is 9.88. The van der Waals surface area contributed by atoms with E-state index in [-0.39, 0.29) is 0 Å². The first kappa shape index (κ1) is 23.0. The highest BCUT2D eigenvalue weighted by molar-refractivity contribution is 6.26. The van der Waals surface area contributed by atoms with Crippen LogP contribution in [0.15, 0.2) is 150 Å².